The summed E-state index contributed by atoms with van der Waals surface area (Å²) in [6.45, 7) is 4.45. The molecule has 0 amide bonds. The van der Waals surface area contributed by atoms with Crippen LogP contribution in [0, 0.1) is 5.92 Å². The second-order valence-corrected chi connectivity index (χ2v) is 6.41. The van der Waals surface area contributed by atoms with Crippen LogP contribution in [0.25, 0.3) is 0 Å². The molecule has 2 fully saturated rings. The summed E-state index contributed by atoms with van der Waals surface area (Å²) in [5.74, 6) is 2.20. The van der Waals surface area contributed by atoms with Crippen molar-refractivity contribution in [1.82, 2.24) is 4.90 Å². The maximum Gasteiger partial charge on any atom is 0.191 e. The smallest absolute Gasteiger partial charge is 0.191 e. The molecule has 1 aromatic carbocycles. The monoisotopic (exact) mass is 271 g/mol. The third-order valence-electron chi connectivity index (χ3n) is 4.68. The van der Waals surface area contributed by atoms with Crippen molar-refractivity contribution < 1.29 is 0 Å². The number of rotatable bonds is 2. The summed E-state index contributed by atoms with van der Waals surface area (Å²) in [5.41, 5.74) is 7.63. The zero-order valence-corrected chi connectivity index (χ0v) is 12.3. The summed E-state index contributed by atoms with van der Waals surface area (Å²) in [5, 5.41) is 0. The number of guanidine groups is 1. The van der Waals surface area contributed by atoms with Crippen molar-refractivity contribution in [2.45, 2.75) is 44.6 Å². The maximum absolute atomic E-state index is 6.18. The van der Waals surface area contributed by atoms with E-state index in [2.05, 4.69) is 42.2 Å². The van der Waals surface area contributed by atoms with Gasteiger partial charge in [-0.25, -0.2) is 4.99 Å². The Balaban J connectivity index is 1.53. The number of benzene rings is 1. The van der Waals surface area contributed by atoms with Gasteiger partial charge in [0.05, 0.1) is 6.04 Å². The van der Waals surface area contributed by atoms with Crippen molar-refractivity contribution in [2.24, 2.45) is 16.6 Å². The van der Waals surface area contributed by atoms with E-state index in [0.29, 0.717) is 12.0 Å². The summed E-state index contributed by atoms with van der Waals surface area (Å²) in [6.07, 6.45) is 4.86. The summed E-state index contributed by atoms with van der Waals surface area (Å²) in [7, 11) is 0. The molecule has 3 rings (SSSR count). The van der Waals surface area contributed by atoms with E-state index >= 15 is 0 Å². The average molecular weight is 271 g/mol. The molecule has 1 atom stereocenters. The fourth-order valence-electron chi connectivity index (χ4n) is 3.36. The highest BCUT2D eigenvalue weighted by atomic mass is 15.3. The second kappa shape index (κ2) is 5.86. The Bertz CT molecular complexity index is 462. The van der Waals surface area contributed by atoms with E-state index in [1.165, 1.54) is 18.4 Å². The number of likely N-dealkylation sites (tertiary alicyclic amines) is 1. The standard InChI is InChI=1S/C17H25N3/c1-13-6-5-9-20(12-13)17(18)19-16-10-15(11-16)14-7-3-2-4-8-14/h2-4,7-8,13,15-16H,5-6,9-12H2,1H3,(H2,18,19). The number of piperidine rings is 1. The first-order chi connectivity index (χ1) is 9.72. The highest BCUT2D eigenvalue weighted by molar-refractivity contribution is 5.78. The SMILES string of the molecule is CC1CCCN(C(N)=NC2CC(c3ccccc3)C2)C1. The van der Waals surface area contributed by atoms with E-state index in [1.807, 2.05) is 0 Å². The zero-order valence-electron chi connectivity index (χ0n) is 12.3. The first-order valence-corrected chi connectivity index (χ1v) is 7.85. The Morgan fingerprint density at radius 3 is 2.70 bits per heavy atom. The van der Waals surface area contributed by atoms with E-state index in [0.717, 1.165) is 37.8 Å². The van der Waals surface area contributed by atoms with Crippen molar-refractivity contribution in [3.05, 3.63) is 35.9 Å². The molecule has 1 aliphatic carbocycles. The molecule has 3 nitrogen and oxygen atoms in total. The Labute approximate surface area is 121 Å². The number of hydrogen-bond acceptors (Lipinski definition) is 1. The molecule has 0 aromatic heterocycles. The Morgan fingerprint density at radius 1 is 1.25 bits per heavy atom. The van der Waals surface area contributed by atoms with Crippen LogP contribution >= 0.6 is 0 Å². The molecule has 1 unspecified atom stereocenters. The van der Waals surface area contributed by atoms with E-state index < -0.39 is 0 Å². The molecule has 1 heterocycles. The average Bonchev–Trinajstić information content (AvgIpc) is 2.43. The summed E-state index contributed by atoms with van der Waals surface area (Å²) in [4.78, 5) is 7.00. The van der Waals surface area contributed by atoms with Crippen LogP contribution in [0.1, 0.15) is 44.1 Å². The van der Waals surface area contributed by atoms with Crippen LogP contribution in [0.15, 0.2) is 35.3 Å². The maximum atomic E-state index is 6.18. The minimum absolute atomic E-state index is 0.428. The summed E-state index contributed by atoms with van der Waals surface area (Å²) < 4.78 is 0. The van der Waals surface area contributed by atoms with Gasteiger partial charge in [-0.1, -0.05) is 37.3 Å². The minimum Gasteiger partial charge on any atom is -0.370 e. The Kier molecular flexibility index (Phi) is 3.95. The number of aliphatic imine (C=N–C) groups is 1. The molecule has 0 radical (unpaired) electrons. The lowest BCUT2D eigenvalue weighted by Crippen LogP contribution is -2.44. The molecule has 0 spiro atoms. The van der Waals surface area contributed by atoms with E-state index in [1.54, 1.807) is 0 Å². The fourth-order valence-corrected chi connectivity index (χ4v) is 3.36. The van der Waals surface area contributed by atoms with Gasteiger partial charge < -0.3 is 10.6 Å². The van der Waals surface area contributed by atoms with Crippen molar-refractivity contribution in [1.29, 1.82) is 0 Å². The first-order valence-electron chi connectivity index (χ1n) is 7.85. The van der Waals surface area contributed by atoms with Gasteiger partial charge >= 0.3 is 0 Å². The topological polar surface area (TPSA) is 41.6 Å². The largest absolute Gasteiger partial charge is 0.370 e. The minimum atomic E-state index is 0.428. The van der Waals surface area contributed by atoms with Gasteiger partial charge in [0.1, 0.15) is 0 Å². The lowest BCUT2D eigenvalue weighted by Gasteiger charge is -2.36. The van der Waals surface area contributed by atoms with Gasteiger partial charge in [-0.15, -0.1) is 0 Å². The van der Waals surface area contributed by atoms with Crippen molar-refractivity contribution in [3.63, 3.8) is 0 Å². The van der Waals surface area contributed by atoms with Gasteiger partial charge in [0.25, 0.3) is 0 Å². The van der Waals surface area contributed by atoms with Gasteiger partial charge in [-0.2, -0.15) is 0 Å². The molecular formula is C17H25N3. The molecule has 20 heavy (non-hydrogen) atoms. The predicted molar refractivity (Wildman–Crippen MR) is 83.8 cm³/mol. The van der Waals surface area contributed by atoms with Crippen molar-refractivity contribution >= 4 is 5.96 Å². The molecule has 1 saturated carbocycles. The molecule has 108 valence electrons. The summed E-state index contributed by atoms with van der Waals surface area (Å²) >= 11 is 0. The molecule has 1 aromatic rings. The molecular weight excluding hydrogens is 246 g/mol. The molecule has 1 aliphatic heterocycles. The van der Waals surface area contributed by atoms with Crippen LogP contribution in [0.2, 0.25) is 0 Å². The van der Waals surface area contributed by atoms with E-state index in [9.17, 15) is 0 Å². The van der Waals surface area contributed by atoms with Gasteiger partial charge in [-0.3, -0.25) is 0 Å². The Morgan fingerprint density at radius 2 is 2.00 bits per heavy atom. The zero-order chi connectivity index (χ0) is 13.9. The van der Waals surface area contributed by atoms with Crippen LogP contribution in [0.3, 0.4) is 0 Å². The Hall–Kier alpha value is -1.51. The lowest BCUT2D eigenvalue weighted by molar-refractivity contribution is 0.265. The fraction of sp³-hybridized carbons (Fsp3) is 0.588. The molecule has 0 bridgehead atoms. The van der Waals surface area contributed by atoms with Crippen molar-refractivity contribution in [3.8, 4) is 0 Å². The van der Waals surface area contributed by atoms with Gasteiger partial charge in [0, 0.05) is 13.1 Å². The van der Waals surface area contributed by atoms with Crippen LogP contribution in [-0.2, 0) is 0 Å². The molecule has 2 aliphatic rings. The lowest BCUT2D eigenvalue weighted by atomic mass is 9.76. The quantitative estimate of drug-likeness (QED) is 0.663. The van der Waals surface area contributed by atoms with Crippen LogP contribution in [0.4, 0.5) is 0 Å². The highest BCUT2D eigenvalue weighted by Gasteiger charge is 2.30. The van der Waals surface area contributed by atoms with Crippen molar-refractivity contribution in [2.75, 3.05) is 13.1 Å². The number of nitrogens with zero attached hydrogens (tertiary/aromatic N) is 2. The van der Waals surface area contributed by atoms with Gasteiger partial charge in [0.2, 0.25) is 0 Å². The predicted octanol–water partition coefficient (Wildman–Crippen LogP) is 2.98. The van der Waals surface area contributed by atoms with Gasteiger partial charge in [0.15, 0.2) is 5.96 Å². The third kappa shape index (κ3) is 2.97. The number of hydrogen-bond donors (Lipinski definition) is 1. The van der Waals surface area contributed by atoms with Gasteiger partial charge in [-0.05, 0) is 43.1 Å². The normalized spacial score (nSPS) is 30.9. The third-order valence-corrected chi connectivity index (χ3v) is 4.68. The van der Waals surface area contributed by atoms with Crippen LogP contribution in [0.5, 0.6) is 0 Å². The molecule has 3 heteroatoms. The second-order valence-electron chi connectivity index (χ2n) is 6.41. The molecule has 2 N–H and O–H groups in total. The first kappa shape index (κ1) is 13.5. The number of nitrogens with two attached hydrogens (primary N) is 1. The van der Waals surface area contributed by atoms with Crippen LogP contribution < -0.4 is 5.73 Å². The van der Waals surface area contributed by atoms with E-state index in [-0.39, 0.29) is 0 Å². The highest BCUT2D eigenvalue weighted by Crippen LogP contribution is 2.38. The van der Waals surface area contributed by atoms with E-state index in [4.69, 9.17) is 10.7 Å². The van der Waals surface area contributed by atoms with Crippen LogP contribution in [-0.4, -0.2) is 30.0 Å². The summed E-state index contributed by atoms with van der Waals surface area (Å²) in [6, 6.07) is 11.2. The molecule has 1 saturated heterocycles.